The third-order valence-corrected chi connectivity index (χ3v) is 4.38. The SMILES string of the molecule is CN1CN=C2c3ccc(Cl)cc3C(N)(c3ccccc3)N21. The molecule has 4 rings (SSSR count). The van der Waals surface area contributed by atoms with Gasteiger partial charge in [0, 0.05) is 23.2 Å². The fourth-order valence-electron chi connectivity index (χ4n) is 3.21. The molecule has 0 aromatic heterocycles. The van der Waals surface area contributed by atoms with Gasteiger partial charge in [0.15, 0.2) is 5.66 Å². The Morgan fingerprint density at radius 2 is 1.95 bits per heavy atom. The number of halogens is 1. The lowest BCUT2D eigenvalue weighted by Crippen LogP contribution is -2.56. The molecular formula is C16H15ClN4. The number of fused-ring (bicyclic) bond motifs is 3. The molecule has 4 nitrogen and oxygen atoms in total. The molecular weight excluding hydrogens is 284 g/mol. The summed E-state index contributed by atoms with van der Waals surface area (Å²) in [7, 11) is 1.99. The fraction of sp³-hybridized carbons (Fsp3) is 0.188. The lowest BCUT2D eigenvalue weighted by atomic mass is 9.92. The molecule has 2 heterocycles. The first-order valence-corrected chi connectivity index (χ1v) is 7.20. The third-order valence-electron chi connectivity index (χ3n) is 4.15. The Hall–Kier alpha value is -1.88. The Morgan fingerprint density at radius 3 is 2.71 bits per heavy atom. The summed E-state index contributed by atoms with van der Waals surface area (Å²) in [5.41, 5.74) is 9.17. The smallest absolute Gasteiger partial charge is 0.158 e. The number of aliphatic imine (C=N–C) groups is 1. The highest BCUT2D eigenvalue weighted by molar-refractivity contribution is 6.31. The molecule has 106 valence electrons. The highest BCUT2D eigenvalue weighted by Gasteiger charge is 2.50. The minimum absolute atomic E-state index is 0.614. The summed E-state index contributed by atoms with van der Waals surface area (Å²) in [6, 6.07) is 15.9. The van der Waals surface area contributed by atoms with Crippen molar-refractivity contribution in [1.82, 2.24) is 10.0 Å². The van der Waals surface area contributed by atoms with Gasteiger partial charge in [-0.2, -0.15) is 5.01 Å². The van der Waals surface area contributed by atoms with E-state index in [9.17, 15) is 0 Å². The molecule has 0 fully saturated rings. The average molecular weight is 299 g/mol. The summed E-state index contributed by atoms with van der Waals surface area (Å²) in [5, 5.41) is 4.78. The highest BCUT2D eigenvalue weighted by atomic mass is 35.5. The van der Waals surface area contributed by atoms with Gasteiger partial charge in [-0.15, -0.1) is 0 Å². The molecule has 2 aromatic rings. The van der Waals surface area contributed by atoms with Gasteiger partial charge in [-0.1, -0.05) is 41.9 Å². The molecule has 0 spiro atoms. The summed E-state index contributed by atoms with van der Waals surface area (Å²) < 4.78 is 0. The highest BCUT2D eigenvalue weighted by Crippen LogP contribution is 2.43. The second-order valence-corrected chi connectivity index (χ2v) is 5.85. The van der Waals surface area contributed by atoms with E-state index in [1.54, 1.807) is 0 Å². The van der Waals surface area contributed by atoms with E-state index in [2.05, 4.69) is 10.0 Å². The number of nitrogens with zero attached hydrogens (tertiary/aromatic N) is 3. The molecule has 21 heavy (non-hydrogen) atoms. The Morgan fingerprint density at radius 1 is 1.19 bits per heavy atom. The lowest BCUT2D eigenvalue weighted by molar-refractivity contribution is 0.0216. The molecule has 1 unspecified atom stereocenters. The molecule has 2 aliphatic heterocycles. The number of hydrogen-bond donors (Lipinski definition) is 1. The second-order valence-electron chi connectivity index (χ2n) is 5.41. The van der Waals surface area contributed by atoms with Crippen molar-refractivity contribution in [3.05, 3.63) is 70.2 Å². The van der Waals surface area contributed by atoms with E-state index in [0.29, 0.717) is 11.7 Å². The minimum Gasteiger partial charge on any atom is -0.300 e. The van der Waals surface area contributed by atoms with Gasteiger partial charge >= 0.3 is 0 Å². The molecule has 2 aromatic carbocycles. The van der Waals surface area contributed by atoms with Crippen molar-refractivity contribution in [2.45, 2.75) is 5.66 Å². The maximum atomic E-state index is 6.88. The second kappa shape index (κ2) is 4.31. The van der Waals surface area contributed by atoms with E-state index >= 15 is 0 Å². The van der Waals surface area contributed by atoms with E-state index < -0.39 is 5.66 Å². The summed E-state index contributed by atoms with van der Waals surface area (Å²) in [4.78, 5) is 4.62. The third kappa shape index (κ3) is 1.61. The fourth-order valence-corrected chi connectivity index (χ4v) is 3.38. The van der Waals surface area contributed by atoms with E-state index in [-0.39, 0.29) is 0 Å². The molecule has 0 radical (unpaired) electrons. The summed E-state index contributed by atoms with van der Waals surface area (Å²) >= 11 is 6.20. The number of rotatable bonds is 1. The molecule has 2 N–H and O–H groups in total. The zero-order valence-corrected chi connectivity index (χ0v) is 12.4. The van der Waals surface area contributed by atoms with Gasteiger partial charge in [-0.25, -0.2) is 4.99 Å². The van der Waals surface area contributed by atoms with Gasteiger partial charge in [-0.3, -0.25) is 10.7 Å². The zero-order valence-electron chi connectivity index (χ0n) is 11.6. The van der Waals surface area contributed by atoms with Crippen molar-refractivity contribution in [3.8, 4) is 0 Å². The lowest BCUT2D eigenvalue weighted by Gasteiger charge is -2.39. The number of hydrogen-bond acceptors (Lipinski definition) is 4. The van der Waals surface area contributed by atoms with Crippen molar-refractivity contribution in [2.75, 3.05) is 13.7 Å². The monoisotopic (exact) mass is 298 g/mol. The Balaban J connectivity index is 2.02. The summed E-state index contributed by atoms with van der Waals surface area (Å²) in [6.45, 7) is 0.614. The van der Waals surface area contributed by atoms with Gasteiger partial charge in [-0.05, 0) is 23.8 Å². The van der Waals surface area contributed by atoms with Crippen molar-refractivity contribution in [2.24, 2.45) is 10.7 Å². The predicted octanol–water partition coefficient (Wildman–Crippen LogP) is 2.38. The van der Waals surface area contributed by atoms with Crippen molar-refractivity contribution >= 4 is 17.4 Å². The topological polar surface area (TPSA) is 44.9 Å². The Bertz CT molecular complexity index is 743. The van der Waals surface area contributed by atoms with Crippen LogP contribution in [0.15, 0.2) is 53.5 Å². The van der Waals surface area contributed by atoms with Crippen molar-refractivity contribution < 1.29 is 0 Å². The van der Waals surface area contributed by atoms with Crippen LogP contribution in [0.1, 0.15) is 16.7 Å². The van der Waals surface area contributed by atoms with Crippen molar-refractivity contribution in [3.63, 3.8) is 0 Å². The maximum absolute atomic E-state index is 6.88. The standard InChI is InChI=1S/C16H15ClN4/c1-20-10-19-15-13-8-7-12(17)9-14(13)16(18,21(15)20)11-5-3-2-4-6-11/h2-9H,10,18H2,1H3. The van der Waals surface area contributed by atoms with Gasteiger partial charge in [0.2, 0.25) is 0 Å². The van der Waals surface area contributed by atoms with E-state index in [0.717, 1.165) is 22.5 Å². The molecule has 0 saturated carbocycles. The molecule has 1 atom stereocenters. The van der Waals surface area contributed by atoms with Crippen LogP contribution in [0.25, 0.3) is 0 Å². The predicted molar refractivity (Wildman–Crippen MR) is 83.9 cm³/mol. The minimum atomic E-state index is -0.772. The number of hydrazine groups is 1. The van der Waals surface area contributed by atoms with E-state index in [4.69, 9.17) is 17.3 Å². The average Bonchev–Trinajstić information content (AvgIpc) is 3.00. The molecule has 0 bridgehead atoms. The first-order chi connectivity index (χ1) is 10.1. The molecule has 2 aliphatic rings. The maximum Gasteiger partial charge on any atom is 0.158 e. The summed E-state index contributed by atoms with van der Waals surface area (Å²) in [6.07, 6.45) is 0. The largest absolute Gasteiger partial charge is 0.300 e. The van der Waals surface area contributed by atoms with Crippen LogP contribution >= 0.6 is 11.6 Å². The van der Waals surface area contributed by atoms with Crippen LogP contribution in [0, 0.1) is 0 Å². The number of amidine groups is 1. The normalized spacial score (nSPS) is 24.0. The van der Waals surface area contributed by atoms with Crippen LogP contribution in [0.3, 0.4) is 0 Å². The van der Waals surface area contributed by atoms with E-state index in [1.807, 2.05) is 60.6 Å². The first kappa shape index (κ1) is 12.8. The summed E-state index contributed by atoms with van der Waals surface area (Å²) in [5.74, 6) is 0.913. The van der Waals surface area contributed by atoms with Gasteiger partial charge in [0.1, 0.15) is 12.5 Å². The van der Waals surface area contributed by atoms with Gasteiger partial charge in [0.25, 0.3) is 0 Å². The van der Waals surface area contributed by atoms with Crippen LogP contribution in [-0.2, 0) is 5.66 Å². The van der Waals surface area contributed by atoms with Crippen LogP contribution in [-0.4, -0.2) is 29.6 Å². The molecule has 5 heteroatoms. The molecule has 0 aliphatic carbocycles. The van der Waals surface area contributed by atoms with Crippen molar-refractivity contribution in [1.29, 1.82) is 0 Å². The quantitative estimate of drug-likeness (QED) is 0.879. The molecule has 0 amide bonds. The Kier molecular flexibility index (Phi) is 2.63. The van der Waals surface area contributed by atoms with Crippen LogP contribution in [0.4, 0.5) is 0 Å². The van der Waals surface area contributed by atoms with Gasteiger partial charge < -0.3 is 0 Å². The first-order valence-electron chi connectivity index (χ1n) is 6.83. The van der Waals surface area contributed by atoms with Crippen LogP contribution in [0.5, 0.6) is 0 Å². The zero-order chi connectivity index (χ0) is 14.6. The number of nitrogens with two attached hydrogens (primary N) is 1. The van der Waals surface area contributed by atoms with E-state index in [1.165, 1.54) is 0 Å². The van der Waals surface area contributed by atoms with Crippen LogP contribution in [0.2, 0.25) is 5.02 Å². The number of benzene rings is 2. The van der Waals surface area contributed by atoms with Crippen LogP contribution < -0.4 is 5.73 Å². The van der Waals surface area contributed by atoms with Gasteiger partial charge in [0.05, 0.1) is 0 Å². The molecule has 0 saturated heterocycles. The Labute approximate surface area is 128 Å².